The predicted molar refractivity (Wildman–Crippen MR) is 91.7 cm³/mol. The Morgan fingerprint density at radius 3 is 2.35 bits per heavy atom. The van der Waals surface area contributed by atoms with Crippen molar-refractivity contribution < 1.29 is 4.74 Å². The number of methoxy groups -OCH3 is 1. The van der Waals surface area contributed by atoms with E-state index in [4.69, 9.17) is 4.74 Å². The van der Waals surface area contributed by atoms with Gasteiger partial charge in [0.15, 0.2) is 0 Å². The third-order valence-corrected chi connectivity index (χ3v) is 3.27. The van der Waals surface area contributed by atoms with E-state index >= 15 is 0 Å². The first-order chi connectivity index (χ1) is 11.4. The van der Waals surface area contributed by atoms with E-state index in [0.717, 1.165) is 22.4 Å². The van der Waals surface area contributed by atoms with Crippen LogP contribution < -0.4 is 10.2 Å². The molecule has 0 unspecified atom stereocenters. The van der Waals surface area contributed by atoms with Crippen LogP contribution in [0.2, 0.25) is 0 Å². The molecule has 0 saturated heterocycles. The van der Waals surface area contributed by atoms with Gasteiger partial charge < -0.3 is 4.74 Å². The fourth-order valence-corrected chi connectivity index (χ4v) is 2.10. The average molecular weight is 304 g/mol. The van der Waals surface area contributed by atoms with Crippen molar-refractivity contribution in [2.75, 3.05) is 12.5 Å². The second kappa shape index (κ2) is 7.17. The summed E-state index contributed by atoms with van der Waals surface area (Å²) in [7, 11) is 1.63. The van der Waals surface area contributed by atoms with Crippen LogP contribution in [-0.4, -0.2) is 23.3 Å². The minimum atomic E-state index is 0.441. The van der Waals surface area contributed by atoms with Crippen LogP contribution in [0.15, 0.2) is 72.1 Å². The normalized spacial score (nSPS) is 10.7. The number of hydrogen-bond acceptors (Lipinski definition) is 5. The molecule has 1 N–H and O–H groups in total. The van der Waals surface area contributed by atoms with E-state index in [1.807, 2.05) is 54.6 Å². The lowest BCUT2D eigenvalue weighted by molar-refractivity contribution is 0.414. The molecule has 0 amide bonds. The highest BCUT2D eigenvalue weighted by Crippen LogP contribution is 2.17. The van der Waals surface area contributed by atoms with Crippen molar-refractivity contribution in [2.24, 2.45) is 5.10 Å². The minimum absolute atomic E-state index is 0.441. The van der Waals surface area contributed by atoms with Gasteiger partial charge >= 0.3 is 0 Å². The van der Waals surface area contributed by atoms with Crippen LogP contribution in [0.4, 0.5) is 5.95 Å². The van der Waals surface area contributed by atoms with Crippen molar-refractivity contribution in [3.05, 3.63) is 72.6 Å². The highest BCUT2D eigenvalue weighted by atomic mass is 16.5. The maximum atomic E-state index is 5.26. The van der Waals surface area contributed by atoms with Crippen molar-refractivity contribution in [3.8, 4) is 16.9 Å². The standard InChI is InChI=1S/C18H16N4O/c1-23-17-10-6-5-9-15(17)13-21-22-18-19-11-16(12-20-18)14-7-3-2-4-8-14/h2-13H,1H3,(H,19,20,22). The van der Waals surface area contributed by atoms with Gasteiger partial charge in [-0.2, -0.15) is 5.10 Å². The quantitative estimate of drug-likeness (QED) is 0.578. The van der Waals surface area contributed by atoms with Crippen molar-refractivity contribution in [3.63, 3.8) is 0 Å². The molecule has 3 aromatic rings. The zero-order chi connectivity index (χ0) is 15.9. The van der Waals surface area contributed by atoms with Crippen molar-refractivity contribution in [1.82, 2.24) is 9.97 Å². The Morgan fingerprint density at radius 2 is 1.61 bits per heavy atom. The second-order valence-electron chi connectivity index (χ2n) is 4.77. The maximum absolute atomic E-state index is 5.26. The zero-order valence-electron chi connectivity index (χ0n) is 12.7. The number of anilines is 1. The number of para-hydroxylation sites is 1. The summed E-state index contributed by atoms with van der Waals surface area (Å²) in [5.74, 6) is 1.20. The lowest BCUT2D eigenvalue weighted by Crippen LogP contribution is -1.97. The molecular formula is C18H16N4O. The third kappa shape index (κ3) is 3.71. The summed E-state index contributed by atoms with van der Waals surface area (Å²) >= 11 is 0. The van der Waals surface area contributed by atoms with Crippen molar-refractivity contribution >= 4 is 12.2 Å². The number of benzene rings is 2. The molecule has 0 aliphatic rings. The number of nitrogens with zero attached hydrogens (tertiary/aromatic N) is 3. The highest BCUT2D eigenvalue weighted by molar-refractivity contribution is 5.83. The molecule has 114 valence electrons. The molecule has 5 nitrogen and oxygen atoms in total. The molecule has 0 fully saturated rings. The first-order valence-corrected chi connectivity index (χ1v) is 7.16. The molecule has 0 aliphatic heterocycles. The van der Waals surface area contributed by atoms with E-state index in [1.165, 1.54) is 0 Å². The number of aromatic nitrogens is 2. The van der Waals surface area contributed by atoms with Gasteiger partial charge in [0, 0.05) is 23.5 Å². The van der Waals surface area contributed by atoms with Gasteiger partial charge in [0.25, 0.3) is 0 Å². The third-order valence-electron chi connectivity index (χ3n) is 3.27. The summed E-state index contributed by atoms with van der Waals surface area (Å²) in [6.07, 6.45) is 5.21. The monoisotopic (exact) mass is 304 g/mol. The van der Waals surface area contributed by atoms with Gasteiger partial charge in [-0.15, -0.1) is 0 Å². The SMILES string of the molecule is COc1ccccc1C=NNc1ncc(-c2ccccc2)cn1. The zero-order valence-corrected chi connectivity index (χ0v) is 12.7. The van der Waals surface area contributed by atoms with E-state index in [0.29, 0.717) is 5.95 Å². The smallest absolute Gasteiger partial charge is 0.243 e. The van der Waals surface area contributed by atoms with Crippen LogP contribution in [0.3, 0.4) is 0 Å². The Labute approximate surface area is 134 Å². The Kier molecular flexibility index (Phi) is 4.59. The van der Waals surface area contributed by atoms with Gasteiger partial charge in [-0.3, -0.25) is 0 Å². The summed E-state index contributed by atoms with van der Waals surface area (Å²) in [4.78, 5) is 8.52. The summed E-state index contributed by atoms with van der Waals surface area (Å²) in [6.45, 7) is 0. The molecule has 2 aromatic carbocycles. The first kappa shape index (κ1) is 14.7. The fraction of sp³-hybridized carbons (Fsp3) is 0.0556. The number of hydrazone groups is 1. The maximum Gasteiger partial charge on any atom is 0.243 e. The number of hydrogen-bond donors (Lipinski definition) is 1. The van der Waals surface area contributed by atoms with E-state index in [-0.39, 0.29) is 0 Å². The molecule has 3 rings (SSSR count). The van der Waals surface area contributed by atoms with Gasteiger partial charge in [0.05, 0.1) is 13.3 Å². The van der Waals surface area contributed by atoms with Crippen LogP contribution in [0, 0.1) is 0 Å². The minimum Gasteiger partial charge on any atom is -0.496 e. The van der Waals surface area contributed by atoms with Crippen LogP contribution in [-0.2, 0) is 0 Å². The lowest BCUT2D eigenvalue weighted by atomic mass is 10.1. The van der Waals surface area contributed by atoms with Gasteiger partial charge in [-0.1, -0.05) is 42.5 Å². The lowest BCUT2D eigenvalue weighted by Gasteiger charge is -2.04. The summed E-state index contributed by atoms with van der Waals surface area (Å²) < 4.78 is 5.26. The predicted octanol–water partition coefficient (Wildman–Crippen LogP) is 3.60. The molecule has 0 bridgehead atoms. The average Bonchev–Trinajstić information content (AvgIpc) is 2.63. The van der Waals surface area contributed by atoms with E-state index in [1.54, 1.807) is 25.7 Å². The number of ether oxygens (including phenoxy) is 1. The van der Waals surface area contributed by atoms with Gasteiger partial charge in [0.2, 0.25) is 5.95 Å². The molecule has 0 atom stereocenters. The Bertz CT molecular complexity index is 786. The van der Waals surface area contributed by atoms with Gasteiger partial charge in [0.1, 0.15) is 5.75 Å². The van der Waals surface area contributed by atoms with Crippen LogP contribution >= 0.6 is 0 Å². The number of nitrogens with one attached hydrogen (secondary N) is 1. The van der Waals surface area contributed by atoms with E-state index in [9.17, 15) is 0 Å². The Balaban J connectivity index is 1.68. The molecule has 5 heteroatoms. The van der Waals surface area contributed by atoms with Crippen LogP contribution in [0.5, 0.6) is 5.75 Å². The molecule has 0 saturated carbocycles. The molecule has 0 radical (unpaired) electrons. The second-order valence-corrected chi connectivity index (χ2v) is 4.77. The van der Waals surface area contributed by atoms with E-state index < -0.39 is 0 Å². The summed E-state index contributed by atoms with van der Waals surface area (Å²) in [5.41, 5.74) is 5.74. The molecular weight excluding hydrogens is 288 g/mol. The summed E-state index contributed by atoms with van der Waals surface area (Å²) in [6, 6.07) is 17.6. The fourth-order valence-electron chi connectivity index (χ4n) is 2.10. The molecule has 0 aliphatic carbocycles. The highest BCUT2D eigenvalue weighted by Gasteiger charge is 2.00. The molecule has 1 heterocycles. The van der Waals surface area contributed by atoms with E-state index in [2.05, 4.69) is 20.5 Å². The molecule has 23 heavy (non-hydrogen) atoms. The first-order valence-electron chi connectivity index (χ1n) is 7.16. The summed E-state index contributed by atoms with van der Waals surface area (Å²) in [5, 5.41) is 4.14. The molecule has 1 aromatic heterocycles. The van der Waals surface area contributed by atoms with Crippen LogP contribution in [0.25, 0.3) is 11.1 Å². The largest absolute Gasteiger partial charge is 0.496 e. The van der Waals surface area contributed by atoms with Gasteiger partial charge in [-0.05, 0) is 17.7 Å². The van der Waals surface area contributed by atoms with Crippen molar-refractivity contribution in [1.29, 1.82) is 0 Å². The van der Waals surface area contributed by atoms with Crippen LogP contribution in [0.1, 0.15) is 5.56 Å². The molecule has 0 spiro atoms. The Morgan fingerprint density at radius 1 is 0.913 bits per heavy atom. The van der Waals surface area contributed by atoms with Gasteiger partial charge in [-0.25, -0.2) is 15.4 Å². The van der Waals surface area contributed by atoms with Crippen molar-refractivity contribution in [2.45, 2.75) is 0 Å². The topological polar surface area (TPSA) is 59.4 Å². The Hall–Kier alpha value is -3.21. The number of rotatable bonds is 5.